The molecule has 0 fully saturated rings. The third kappa shape index (κ3) is 7.00. The van der Waals surface area contributed by atoms with Gasteiger partial charge in [-0.2, -0.15) is 0 Å². The van der Waals surface area contributed by atoms with Gasteiger partial charge < -0.3 is 0 Å². The Labute approximate surface area is 533 Å². The van der Waals surface area contributed by atoms with E-state index < -0.39 is 10.8 Å². The predicted molar refractivity (Wildman–Crippen MR) is 381 cm³/mol. The van der Waals surface area contributed by atoms with Crippen LogP contribution in [0, 0.1) is 0 Å². The molecule has 0 heterocycles. The van der Waals surface area contributed by atoms with Crippen molar-refractivity contribution in [3.05, 3.63) is 383 Å². The predicted octanol–water partition coefficient (Wildman–Crippen LogP) is 22.9. The smallest absolute Gasteiger partial charge is 0.193 e. The number of carbonyl (C=O) groups excluding carboxylic acids is 1. The highest BCUT2D eigenvalue weighted by Gasteiger charge is 2.53. The molecule has 0 saturated heterocycles. The molecule has 16 aromatic rings. The summed E-state index contributed by atoms with van der Waals surface area (Å²) in [5.74, 6) is 0.0186. The molecule has 92 heavy (non-hydrogen) atoms. The number of hydrogen-bond donors (Lipinski definition) is 0. The minimum atomic E-state index is -0.632. The average Bonchev–Trinajstić information content (AvgIpc) is 1.52. The molecule has 0 aromatic heterocycles. The van der Waals surface area contributed by atoms with Crippen molar-refractivity contribution in [1.82, 2.24) is 0 Å². The van der Waals surface area contributed by atoms with Gasteiger partial charge in [0.15, 0.2) is 5.78 Å². The number of carbonyl (C=O) groups is 1. The Balaban J connectivity index is 0.660. The maximum absolute atomic E-state index is 15.7. The summed E-state index contributed by atoms with van der Waals surface area (Å²) in [6.07, 6.45) is 0. The highest BCUT2D eigenvalue weighted by Crippen LogP contribution is 2.65. The summed E-state index contributed by atoms with van der Waals surface area (Å²) in [7, 11) is 0. The van der Waals surface area contributed by atoms with Gasteiger partial charge in [-0.1, -0.05) is 273 Å². The molecule has 0 radical (unpaired) electrons. The van der Waals surface area contributed by atoms with E-state index in [2.05, 4.69) is 328 Å². The van der Waals surface area contributed by atoms with Gasteiger partial charge in [-0.05, 0) is 231 Å². The molecule has 0 aliphatic heterocycles. The van der Waals surface area contributed by atoms with Crippen LogP contribution >= 0.6 is 0 Å². The summed E-state index contributed by atoms with van der Waals surface area (Å²) >= 11 is 0. The molecular weight excluding hydrogens is 1110 g/mol. The van der Waals surface area contributed by atoms with E-state index in [0.29, 0.717) is 11.1 Å². The van der Waals surface area contributed by atoms with E-state index in [1.165, 1.54) is 149 Å². The van der Waals surface area contributed by atoms with Gasteiger partial charge >= 0.3 is 0 Å². The minimum absolute atomic E-state index is 0.0186. The van der Waals surface area contributed by atoms with Crippen molar-refractivity contribution in [2.75, 3.05) is 0 Å². The quantitative estimate of drug-likeness (QED) is 0.120. The molecule has 4 aliphatic carbocycles. The fourth-order valence-corrected chi connectivity index (χ4v) is 17.2. The first-order valence-corrected chi connectivity index (χ1v) is 32.1. The van der Waals surface area contributed by atoms with E-state index in [1.807, 2.05) is 0 Å². The molecule has 0 N–H and O–H groups in total. The van der Waals surface area contributed by atoms with Crippen molar-refractivity contribution in [2.45, 2.75) is 10.8 Å². The van der Waals surface area contributed by atoms with Crippen LogP contribution in [0.2, 0.25) is 0 Å². The topological polar surface area (TPSA) is 17.1 Å². The summed E-state index contributed by atoms with van der Waals surface area (Å²) in [6.45, 7) is 0. The molecule has 1 nitrogen and oxygen atoms in total. The highest BCUT2D eigenvalue weighted by molar-refractivity contribution is 6.15. The first kappa shape index (κ1) is 51.1. The normalized spacial score (nSPS) is 13.7. The second-order valence-corrected chi connectivity index (χ2v) is 25.7. The van der Waals surface area contributed by atoms with Crippen LogP contribution < -0.4 is 0 Å². The Morgan fingerprint density at radius 1 is 0.185 bits per heavy atom. The van der Waals surface area contributed by atoms with E-state index in [1.54, 1.807) is 0 Å². The Kier molecular flexibility index (Phi) is 10.6. The number of ketones is 1. The fraction of sp³-hybridized carbons (Fsp3) is 0.0220. The van der Waals surface area contributed by atoms with Crippen molar-refractivity contribution in [1.29, 1.82) is 0 Å². The van der Waals surface area contributed by atoms with Crippen LogP contribution in [0.3, 0.4) is 0 Å². The van der Waals surface area contributed by atoms with E-state index in [9.17, 15) is 0 Å². The molecule has 4 aliphatic rings. The largest absolute Gasteiger partial charge is 0.289 e. The van der Waals surface area contributed by atoms with Gasteiger partial charge in [0.25, 0.3) is 0 Å². The van der Waals surface area contributed by atoms with Crippen LogP contribution in [0.4, 0.5) is 0 Å². The maximum atomic E-state index is 15.7. The van der Waals surface area contributed by atoms with Crippen molar-refractivity contribution in [3.63, 3.8) is 0 Å². The molecule has 424 valence electrons. The van der Waals surface area contributed by atoms with Crippen LogP contribution in [-0.4, -0.2) is 5.78 Å². The Bertz CT molecular complexity index is 5820. The zero-order valence-corrected chi connectivity index (χ0v) is 50.1. The molecule has 0 unspecified atom stereocenters. The summed E-state index contributed by atoms with van der Waals surface area (Å²) < 4.78 is 0. The fourth-order valence-electron chi connectivity index (χ4n) is 17.2. The van der Waals surface area contributed by atoms with Gasteiger partial charge in [0.2, 0.25) is 0 Å². The van der Waals surface area contributed by atoms with E-state index in [-0.39, 0.29) is 5.78 Å². The summed E-state index contributed by atoms with van der Waals surface area (Å²) in [5.41, 5.74) is 29.3. The summed E-state index contributed by atoms with van der Waals surface area (Å²) in [5, 5.41) is 9.90. The first-order valence-electron chi connectivity index (χ1n) is 32.1. The third-order valence-electron chi connectivity index (χ3n) is 21.2. The lowest BCUT2D eigenvalue weighted by Gasteiger charge is -2.31. The SMILES string of the molecule is O=C(c1ccc2c(c1)C1(c3ccccc3-c3ccccc31)c1ccccc1-2)c1ccc2c(c1)C1(c3ccccc3-c3ccccc31)c1ccc(-c3ccc4ccc(-c5ccc6cc(-c7cccc(-c8cc9ccccc9c9ccccc89)c7)ccc6c5)cc4c3)cc1-2. The zero-order chi connectivity index (χ0) is 60.4. The Morgan fingerprint density at radius 2 is 0.554 bits per heavy atom. The number of hydrogen-bond acceptors (Lipinski definition) is 1. The van der Waals surface area contributed by atoms with Crippen LogP contribution in [0.5, 0.6) is 0 Å². The van der Waals surface area contributed by atoms with Gasteiger partial charge in [-0.3, -0.25) is 4.79 Å². The Morgan fingerprint density at radius 3 is 1.08 bits per heavy atom. The zero-order valence-electron chi connectivity index (χ0n) is 50.1. The molecule has 1 heteroatoms. The molecule has 0 atom stereocenters. The monoisotopic (exact) mass is 1160 g/mol. The van der Waals surface area contributed by atoms with Crippen molar-refractivity contribution < 1.29 is 4.79 Å². The van der Waals surface area contributed by atoms with Crippen molar-refractivity contribution in [3.8, 4) is 89.0 Å². The Hall–Kier alpha value is -11.8. The molecule has 20 rings (SSSR count). The average molecular weight is 1160 g/mol. The molecule has 0 bridgehead atoms. The second kappa shape index (κ2) is 19.1. The summed E-state index contributed by atoms with van der Waals surface area (Å²) in [6, 6.07) is 121. The van der Waals surface area contributed by atoms with E-state index in [4.69, 9.17) is 0 Å². The number of fused-ring (bicyclic) bond motifs is 25. The van der Waals surface area contributed by atoms with E-state index in [0.717, 1.165) is 27.8 Å². The molecule has 16 aromatic carbocycles. The van der Waals surface area contributed by atoms with Crippen LogP contribution in [0.1, 0.15) is 60.4 Å². The van der Waals surface area contributed by atoms with E-state index >= 15 is 4.79 Å². The molecule has 0 amide bonds. The number of rotatable bonds is 6. The van der Waals surface area contributed by atoms with Crippen molar-refractivity contribution in [2.24, 2.45) is 0 Å². The van der Waals surface area contributed by atoms with Crippen LogP contribution in [0.15, 0.2) is 328 Å². The van der Waals surface area contributed by atoms with Crippen LogP contribution in [0.25, 0.3) is 132 Å². The van der Waals surface area contributed by atoms with Gasteiger partial charge in [0, 0.05) is 11.1 Å². The van der Waals surface area contributed by atoms with Gasteiger partial charge in [0.05, 0.1) is 10.8 Å². The lowest BCUT2D eigenvalue weighted by Crippen LogP contribution is -2.26. The van der Waals surface area contributed by atoms with Crippen molar-refractivity contribution >= 4 is 48.9 Å². The third-order valence-corrected chi connectivity index (χ3v) is 21.2. The van der Waals surface area contributed by atoms with Crippen LogP contribution in [-0.2, 0) is 10.8 Å². The lowest BCUT2D eigenvalue weighted by atomic mass is 9.70. The molecular formula is C91H54O. The minimum Gasteiger partial charge on any atom is -0.289 e. The summed E-state index contributed by atoms with van der Waals surface area (Å²) in [4.78, 5) is 15.7. The van der Waals surface area contributed by atoms with Gasteiger partial charge in [-0.25, -0.2) is 0 Å². The highest BCUT2D eigenvalue weighted by atomic mass is 16.1. The molecule has 0 saturated carbocycles. The lowest BCUT2D eigenvalue weighted by molar-refractivity contribution is 0.103. The van der Waals surface area contributed by atoms with Gasteiger partial charge in [0.1, 0.15) is 0 Å². The first-order chi connectivity index (χ1) is 45.5. The number of benzene rings is 16. The standard InChI is InChI=1S/C91H54O/c92-89(66-40-43-77-76-26-9-14-31-85(76)90(87(77)53-66)81-27-10-5-22-72(81)73-23-6-11-28-82(73)90)67-41-44-78-80-51-63(42-45-86(80)91(88(78)54-67)83-29-12-7-24-74(83)75-25-8-13-30-84(75)91)62-35-33-55-32-34-61(49-68(55)50-62)60-39-38-58-46-57(36-37-59(58)47-60)56-17-15-18-64(48-56)79-52-65-16-1-2-19-69(65)70-20-3-4-21-71(70)79/h1-54H. The molecule has 2 spiro atoms. The maximum Gasteiger partial charge on any atom is 0.193 e. The second-order valence-electron chi connectivity index (χ2n) is 25.7. The van der Waals surface area contributed by atoms with Gasteiger partial charge in [-0.15, -0.1) is 0 Å².